The molecule has 0 fully saturated rings. The standard InChI is InChI=1S/C32H26N2O4/c1-19-14-24(31-33-27-12-4-21(18-35)16-29(27)37-31)9-7-22(19)5-6-23-8-10-25(15-20(23)2)32-34-28-13-11-26(36-3)17-30(28)38-32/h4-17,35H,18H2,1-3H3. The van der Waals surface area contributed by atoms with E-state index in [0.717, 1.165) is 55.7 Å². The van der Waals surface area contributed by atoms with Crippen LogP contribution in [0.2, 0.25) is 0 Å². The zero-order valence-corrected chi connectivity index (χ0v) is 21.4. The van der Waals surface area contributed by atoms with Gasteiger partial charge >= 0.3 is 0 Å². The molecule has 0 aliphatic rings. The molecule has 1 N–H and O–H groups in total. The van der Waals surface area contributed by atoms with Crippen molar-refractivity contribution >= 4 is 34.4 Å². The van der Waals surface area contributed by atoms with Gasteiger partial charge in [-0.15, -0.1) is 0 Å². The van der Waals surface area contributed by atoms with E-state index in [-0.39, 0.29) is 6.61 Å². The lowest BCUT2D eigenvalue weighted by atomic mass is 10.0. The molecule has 0 bridgehead atoms. The van der Waals surface area contributed by atoms with Crippen LogP contribution in [0.1, 0.15) is 27.8 Å². The lowest BCUT2D eigenvalue weighted by Gasteiger charge is -2.05. The van der Waals surface area contributed by atoms with Crippen LogP contribution in [0.25, 0.3) is 57.3 Å². The number of aryl methyl sites for hydroxylation is 2. The number of rotatable bonds is 6. The third kappa shape index (κ3) is 4.46. The summed E-state index contributed by atoms with van der Waals surface area (Å²) in [5.74, 6) is 1.90. The molecule has 188 valence electrons. The summed E-state index contributed by atoms with van der Waals surface area (Å²) in [6, 6.07) is 23.5. The van der Waals surface area contributed by atoms with E-state index in [1.54, 1.807) is 7.11 Å². The van der Waals surface area contributed by atoms with Gasteiger partial charge in [0.25, 0.3) is 0 Å². The molecular formula is C32H26N2O4. The number of aliphatic hydroxyl groups excluding tert-OH is 1. The molecule has 0 unspecified atom stereocenters. The quantitative estimate of drug-likeness (QED) is 0.236. The second kappa shape index (κ2) is 9.65. The number of oxazole rings is 2. The number of hydrogen-bond donors (Lipinski definition) is 1. The second-order valence-electron chi connectivity index (χ2n) is 9.31. The van der Waals surface area contributed by atoms with E-state index < -0.39 is 0 Å². The summed E-state index contributed by atoms with van der Waals surface area (Å²) in [7, 11) is 1.64. The number of ether oxygens (including phenoxy) is 1. The van der Waals surface area contributed by atoms with Crippen molar-refractivity contribution < 1.29 is 18.7 Å². The highest BCUT2D eigenvalue weighted by Gasteiger charge is 2.12. The van der Waals surface area contributed by atoms with Gasteiger partial charge in [0, 0.05) is 17.2 Å². The van der Waals surface area contributed by atoms with Crippen molar-refractivity contribution in [3.8, 4) is 28.7 Å². The highest BCUT2D eigenvalue weighted by molar-refractivity contribution is 5.80. The average Bonchev–Trinajstić information content (AvgIpc) is 3.56. The zero-order chi connectivity index (χ0) is 26.2. The minimum atomic E-state index is -0.0270. The summed E-state index contributed by atoms with van der Waals surface area (Å²) in [6.07, 6.45) is 4.24. The molecule has 4 aromatic carbocycles. The normalized spacial score (nSPS) is 11.7. The Morgan fingerprint density at radius 2 is 1.26 bits per heavy atom. The van der Waals surface area contributed by atoms with Crippen LogP contribution in [0.15, 0.2) is 81.6 Å². The van der Waals surface area contributed by atoms with E-state index >= 15 is 0 Å². The van der Waals surface area contributed by atoms with Crippen LogP contribution < -0.4 is 4.74 Å². The van der Waals surface area contributed by atoms with Gasteiger partial charge in [-0.1, -0.05) is 30.4 Å². The number of aliphatic hydroxyl groups is 1. The van der Waals surface area contributed by atoms with Crippen molar-refractivity contribution in [1.29, 1.82) is 0 Å². The third-order valence-corrected chi connectivity index (χ3v) is 6.71. The monoisotopic (exact) mass is 502 g/mol. The topological polar surface area (TPSA) is 81.5 Å². The highest BCUT2D eigenvalue weighted by Crippen LogP contribution is 2.30. The van der Waals surface area contributed by atoms with Crippen LogP contribution in [0.4, 0.5) is 0 Å². The number of aromatic nitrogens is 2. The molecule has 0 saturated carbocycles. The van der Waals surface area contributed by atoms with Gasteiger partial charge < -0.3 is 18.7 Å². The molecule has 6 heteroatoms. The van der Waals surface area contributed by atoms with Gasteiger partial charge in [-0.05, 0) is 90.2 Å². The van der Waals surface area contributed by atoms with Crippen LogP contribution in [-0.2, 0) is 6.61 Å². The molecule has 2 heterocycles. The van der Waals surface area contributed by atoms with Crippen LogP contribution in [0, 0.1) is 13.8 Å². The van der Waals surface area contributed by atoms with E-state index in [1.807, 2.05) is 48.5 Å². The lowest BCUT2D eigenvalue weighted by Crippen LogP contribution is -1.86. The first-order valence-corrected chi connectivity index (χ1v) is 12.4. The lowest BCUT2D eigenvalue weighted by molar-refractivity contribution is 0.282. The van der Waals surface area contributed by atoms with Crippen LogP contribution in [0.5, 0.6) is 5.75 Å². The Balaban J connectivity index is 1.23. The average molecular weight is 503 g/mol. The van der Waals surface area contributed by atoms with Gasteiger partial charge in [-0.25, -0.2) is 9.97 Å². The molecule has 0 aliphatic heterocycles. The minimum absolute atomic E-state index is 0.0270. The molecule has 0 aliphatic carbocycles. The molecule has 0 radical (unpaired) electrons. The van der Waals surface area contributed by atoms with E-state index in [1.165, 1.54) is 0 Å². The third-order valence-electron chi connectivity index (χ3n) is 6.71. The van der Waals surface area contributed by atoms with Crippen molar-refractivity contribution in [2.24, 2.45) is 0 Å². The van der Waals surface area contributed by atoms with Gasteiger partial charge in [0.05, 0.1) is 13.7 Å². The molecule has 38 heavy (non-hydrogen) atoms. The fourth-order valence-corrected chi connectivity index (χ4v) is 4.52. The number of methoxy groups -OCH3 is 1. The number of fused-ring (bicyclic) bond motifs is 2. The van der Waals surface area contributed by atoms with Gasteiger partial charge in [0.2, 0.25) is 11.8 Å². The summed E-state index contributed by atoms with van der Waals surface area (Å²) in [4.78, 5) is 9.23. The van der Waals surface area contributed by atoms with Gasteiger partial charge in [-0.3, -0.25) is 0 Å². The Bertz CT molecular complexity index is 1690. The smallest absolute Gasteiger partial charge is 0.227 e. The SMILES string of the molecule is COc1ccc2nc(-c3ccc(C=Cc4ccc(-c5nc6ccc(CO)cc6o5)cc4C)c(C)c3)oc2c1. The molecule has 0 spiro atoms. The Labute approximate surface area is 219 Å². The molecule has 6 aromatic rings. The molecule has 0 saturated heterocycles. The fraction of sp³-hybridized carbons (Fsp3) is 0.125. The van der Waals surface area contributed by atoms with Crippen LogP contribution >= 0.6 is 0 Å². The number of benzene rings is 4. The van der Waals surface area contributed by atoms with Crippen molar-refractivity contribution in [2.45, 2.75) is 20.5 Å². The second-order valence-corrected chi connectivity index (χ2v) is 9.31. The Hall–Kier alpha value is -4.68. The van der Waals surface area contributed by atoms with E-state index in [9.17, 15) is 5.11 Å². The van der Waals surface area contributed by atoms with Crippen molar-refractivity contribution in [3.05, 3.63) is 101 Å². The first-order chi connectivity index (χ1) is 18.5. The summed E-state index contributed by atoms with van der Waals surface area (Å²) in [5, 5.41) is 9.37. The molecule has 6 rings (SSSR count). The first kappa shape index (κ1) is 23.7. The van der Waals surface area contributed by atoms with E-state index in [4.69, 9.17) is 13.6 Å². The molecule has 0 amide bonds. The maximum absolute atomic E-state index is 9.37. The Morgan fingerprint density at radius 3 is 1.79 bits per heavy atom. The molecule has 0 atom stereocenters. The minimum Gasteiger partial charge on any atom is -0.497 e. The summed E-state index contributed by atoms with van der Waals surface area (Å²) < 4.78 is 17.2. The molecular weight excluding hydrogens is 476 g/mol. The van der Waals surface area contributed by atoms with Crippen molar-refractivity contribution in [2.75, 3.05) is 7.11 Å². The number of nitrogens with zero attached hydrogens (tertiary/aromatic N) is 2. The van der Waals surface area contributed by atoms with Crippen LogP contribution in [0.3, 0.4) is 0 Å². The summed E-state index contributed by atoms with van der Waals surface area (Å²) in [5.41, 5.74) is 10.1. The maximum atomic E-state index is 9.37. The van der Waals surface area contributed by atoms with Crippen LogP contribution in [-0.4, -0.2) is 22.2 Å². The van der Waals surface area contributed by atoms with Crippen molar-refractivity contribution in [3.63, 3.8) is 0 Å². The Morgan fingerprint density at radius 1 is 0.711 bits per heavy atom. The van der Waals surface area contributed by atoms with Gasteiger partial charge in [-0.2, -0.15) is 0 Å². The van der Waals surface area contributed by atoms with E-state index in [0.29, 0.717) is 22.9 Å². The highest BCUT2D eigenvalue weighted by atomic mass is 16.5. The summed E-state index contributed by atoms with van der Waals surface area (Å²) in [6.45, 7) is 4.13. The predicted octanol–water partition coefficient (Wildman–Crippen LogP) is 7.59. The predicted molar refractivity (Wildman–Crippen MR) is 150 cm³/mol. The Kier molecular flexibility index (Phi) is 6.02. The molecule has 6 nitrogen and oxygen atoms in total. The largest absolute Gasteiger partial charge is 0.497 e. The first-order valence-electron chi connectivity index (χ1n) is 12.4. The maximum Gasteiger partial charge on any atom is 0.227 e. The zero-order valence-electron chi connectivity index (χ0n) is 21.4. The number of hydrogen-bond acceptors (Lipinski definition) is 6. The van der Waals surface area contributed by atoms with E-state index in [2.05, 4.69) is 60.2 Å². The molecule has 2 aromatic heterocycles. The fourth-order valence-electron chi connectivity index (χ4n) is 4.52. The summed E-state index contributed by atoms with van der Waals surface area (Å²) >= 11 is 0. The van der Waals surface area contributed by atoms with Gasteiger partial charge in [0.15, 0.2) is 11.2 Å². The van der Waals surface area contributed by atoms with Gasteiger partial charge in [0.1, 0.15) is 16.8 Å². The van der Waals surface area contributed by atoms with Crippen molar-refractivity contribution in [1.82, 2.24) is 9.97 Å².